The Balaban J connectivity index is 0.000000177. The second-order valence-corrected chi connectivity index (χ2v) is 16.4. The highest BCUT2D eigenvalue weighted by atomic mass is 32.1. The number of nitrogens with zero attached hydrogens (tertiary/aromatic N) is 10. The Morgan fingerprint density at radius 1 is 0.738 bits per heavy atom. The van der Waals surface area contributed by atoms with Crippen LogP contribution in [-0.2, 0) is 6.54 Å². The summed E-state index contributed by atoms with van der Waals surface area (Å²) >= 11 is 3.03. The van der Waals surface area contributed by atoms with Gasteiger partial charge in [-0.3, -0.25) is 14.2 Å². The molecule has 17 heteroatoms. The summed E-state index contributed by atoms with van der Waals surface area (Å²) in [6.07, 6.45) is 4.20. The van der Waals surface area contributed by atoms with Gasteiger partial charge < -0.3 is 20.5 Å². The molecule has 8 heterocycles. The number of fused-ring (bicyclic) bond motifs is 2. The van der Waals surface area contributed by atoms with Crippen LogP contribution in [0.25, 0.3) is 44.6 Å². The number of hydrogen-bond donors (Lipinski definition) is 2. The molecule has 0 saturated carbocycles. The molecule has 61 heavy (non-hydrogen) atoms. The number of pyridine rings is 4. The molecule has 0 spiro atoms. The van der Waals surface area contributed by atoms with E-state index in [0.717, 1.165) is 84.3 Å². The Morgan fingerprint density at radius 3 is 1.74 bits per heavy atom. The summed E-state index contributed by atoms with van der Waals surface area (Å²) in [5, 5.41) is 18.4. The molecule has 0 radical (unpaired) electrons. The van der Waals surface area contributed by atoms with E-state index in [1.54, 1.807) is 23.7 Å². The van der Waals surface area contributed by atoms with Gasteiger partial charge in [0.05, 0.1) is 65.0 Å². The van der Waals surface area contributed by atoms with E-state index in [4.69, 9.17) is 30.3 Å². The Bertz CT molecular complexity index is 2750. The van der Waals surface area contributed by atoms with E-state index < -0.39 is 0 Å². The van der Waals surface area contributed by atoms with Gasteiger partial charge in [-0.05, 0) is 106 Å². The van der Waals surface area contributed by atoms with Gasteiger partial charge in [-0.2, -0.15) is 10.2 Å². The van der Waals surface area contributed by atoms with Gasteiger partial charge in [0.2, 0.25) is 11.8 Å². The van der Waals surface area contributed by atoms with Crippen LogP contribution in [0.1, 0.15) is 91.2 Å². The molecule has 0 aliphatic heterocycles. The third-order valence-corrected chi connectivity index (χ3v) is 11.0. The highest BCUT2D eigenvalue weighted by Crippen LogP contribution is 2.36. The highest BCUT2D eigenvalue weighted by Gasteiger charge is 2.21. The lowest BCUT2D eigenvalue weighted by atomic mass is 10.1. The number of rotatable bonds is 12. The summed E-state index contributed by atoms with van der Waals surface area (Å²) in [4.78, 5) is 36.8. The average molecular weight is 861 g/mol. The summed E-state index contributed by atoms with van der Waals surface area (Å²) in [6.45, 7) is 21.9. The van der Waals surface area contributed by atoms with Gasteiger partial charge in [-0.15, -0.1) is 22.7 Å². The van der Waals surface area contributed by atoms with Crippen LogP contribution in [0.15, 0.2) is 59.6 Å². The smallest absolute Gasteiger partial charge is 0.222 e. The first-order chi connectivity index (χ1) is 29.3. The molecule has 0 saturated heterocycles. The van der Waals surface area contributed by atoms with Crippen molar-refractivity contribution in [1.82, 2.24) is 49.5 Å². The maximum atomic E-state index is 9.97. The van der Waals surface area contributed by atoms with Crippen molar-refractivity contribution in [2.45, 2.75) is 87.9 Å². The van der Waals surface area contributed by atoms with E-state index in [1.807, 2.05) is 86.6 Å². The van der Waals surface area contributed by atoms with Crippen LogP contribution in [0, 0.1) is 27.7 Å². The maximum absolute atomic E-state index is 9.97. The van der Waals surface area contributed by atoms with Gasteiger partial charge >= 0.3 is 0 Å². The van der Waals surface area contributed by atoms with Gasteiger partial charge in [0, 0.05) is 46.6 Å². The molecule has 0 amide bonds. The van der Waals surface area contributed by atoms with Crippen molar-refractivity contribution >= 4 is 62.4 Å². The van der Waals surface area contributed by atoms with Crippen LogP contribution in [0.5, 0.6) is 11.8 Å². The van der Waals surface area contributed by atoms with Crippen molar-refractivity contribution in [2.24, 2.45) is 0 Å². The number of thiazole rings is 2. The van der Waals surface area contributed by atoms with E-state index in [1.165, 1.54) is 11.3 Å². The summed E-state index contributed by atoms with van der Waals surface area (Å²) in [5.41, 5.74) is 18.5. The molecule has 0 bridgehead atoms. The summed E-state index contributed by atoms with van der Waals surface area (Å²) < 4.78 is 15.3. The molecule has 0 unspecified atom stereocenters. The lowest BCUT2D eigenvalue weighted by molar-refractivity contribution is 0.112. The number of aromatic nitrogens is 10. The van der Waals surface area contributed by atoms with Crippen LogP contribution in [-0.4, -0.2) is 69.0 Å². The lowest BCUT2D eigenvalue weighted by Crippen LogP contribution is -2.07. The zero-order valence-corrected chi connectivity index (χ0v) is 37.9. The Kier molecular flexibility index (Phi) is 14.4. The fraction of sp³-hybridized carbons (Fsp3) is 0.341. The van der Waals surface area contributed by atoms with Gasteiger partial charge in [-0.25, -0.2) is 29.9 Å². The molecule has 318 valence electrons. The van der Waals surface area contributed by atoms with Crippen LogP contribution in [0.3, 0.4) is 0 Å². The number of carbonyl (C=O) groups excluding carboxylic acids is 1. The summed E-state index contributed by atoms with van der Waals surface area (Å²) in [5.74, 6) is 1.15. The zero-order chi connectivity index (χ0) is 43.8. The number of nitrogens with two attached hydrogens (primary N) is 1. The molecule has 0 atom stereocenters. The number of anilines is 2. The number of hydrogen-bond acceptors (Lipinski definition) is 15. The summed E-state index contributed by atoms with van der Waals surface area (Å²) in [6, 6.07) is 12.1. The van der Waals surface area contributed by atoms with Crippen molar-refractivity contribution in [3.63, 3.8) is 0 Å². The van der Waals surface area contributed by atoms with Crippen LogP contribution < -0.4 is 20.5 Å². The predicted molar refractivity (Wildman–Crippen MR) is 245 cm³/mol. The van der Waals surface area contributed by atoms with E-state index in [2.05, 4.69) is 69.5 Å². The largest absolute Gasteiger partial charge is 0.477 e. The quantitative estimate of drug-likeness (QED) is 0.111. The van der Waals surface area contributed by atoms with Crippen LogP contribution >= 0.6 is 22.7 Å². The van der Waals surface area contributed by atoms with Crippen molar-refractivity contribution in [2.75, 3.05) is 24.3 Å². The summed E-state index contributed by atoms with van der Waals surface area (Å²) in [7, 11) is 0. The number of nitrogen functional groups attached to an aromatic ring is 1. The minimum Gasteiger partial charge on any atom is -0.477 e. The zero-order valence-electron chi connectivity index (χ0n) is 36.2. The molecule has 0 fully saturated rings. The fourth-order valence-corrected chi connectivity index (χ4v) is 7.81. The van der Waals surface area contributed by atoms with E-state index in [-0.39, 0.29) is 12.1 Å². The molecule has 0 aliphatic carbocycles. The fourth-order valence-electron chi connectivity index (χ4n) is 6.51. The lowest BCUT2D eigenvalue weighted by Gasteiger charge is -2.14. The topological polar surface area (TPSA) is 187 Å². The first kappa shape index (κ1) is 44.2. The van der Waals surface area contributed by atoms with Gasteiger partial charge in [-0.1, -0.05) is 0 Å². The van der Waals surface area contributed by atoms with Crippen molar-refractivity contribution < 1.29 is 14.3 Å². The molecule has 0 aromatic carbocycles. The Morgan fingerprint density at radius 2 is 1.26 bits per heavy atom. The van der Waals surface area contributed by atoms with Gasteiger partial charge in [0.1, 0.15) is 27.1 Å². The van der Waals surface area contributed by atoms with Crippen LogP contribution in [0.2, 0.25) is 0 Å². The molecule has 3 N–H and O–H groups in total. The SMILES string of the molecule is CCOc1ncccc1-c1cc(N)c2c(n1)c(C)nn2C(C)C.CCOc1ncccc1-c1cc(NCc2nc(C)cs2)c2c(n1)c(C)nn2C(C)C.Cc1csc(C=O)n1. The average Bonchev–Trinajstić information content (AvgIpc) is 4.04. The first-order valence-corrected chi connectivity index (χ1v) is 21.8. The van der Waals surface area contributed by atoms with E-state index >= 15 is 0 Å². The molecule has 0 aliphatic rings. The molecule has 15 nitrogen and oxygen atoms in total. The Labute approximate surface area is 363 Å². The first-order valence-electron chi connectivity index (χ1n) is 20.1. The predicted octanol–water partition coefficient (Wildman–Crippen LogP) is 9.79. The van der Waals surface area contributed by atoms with Crippen molar-refractivity contribution in [1.29, 1.82) is 0 Å². The minimum atomic E-state index is 0.217. The molecular formula is C44H52N12O3S2. The monoisotopic (exact) mass is 860 g/mol. The van der Waals surface area contributed by atoms with E-state index in [0.29, 0.717) is 42.2 Å². The number of nitrogens with one attached hydrogen (secondary N) is 1. The molecule has 8 aromatic heterocycles. The molecular weight excluding hydrogens is 809 g/mol. The van der Waals surface area contributed by atoms with Crippen molar-refractivity contribution in [3.05, 3.63) is 92.3 Å². The van der Waals surface area contributed by atoms with Gasteiger partial charge in [0.25, 0.3) is 0 Å². The third kappa shape index (κ3) is 10.2. The van der Waals surface area contributed by atoms with E-state index in [9.17, 15) is 4.79 Å². The number of carbonyl (C=O) groups is 1. The second-order valence-electron chi connectivity index (χ2n) is 14.6. The molecule has 8 aromatic rings. The Hall–Kier alpha value is -6.33. The maximum Gasteiger partial charge on any atom is 0.222 e. The number of ether oxygens (including phenoxy) is 2. The minimum absolute atomic E-state index is 0.217. The van der Waals surface area contributed by atoms with Crippen molar-refractivity contribution in [3.8, 4) is 34.3 Å². The van der Waals surface area contributed by atoms with Crippen LogP contribution in [0.4, 0.5) is 11.4 Å². The third-order valence-electron chi connectivity index (χ3n) is 9.14. The normalized spacial score (nSPS) is 11.1. The number of aldehydes is 1. The van der Waals surface area contributed by atoms with Gasteiger partial charge in [0.15, 0.2) is 11.3 Å². The highest BCUT2D eigenvalue weighted by molar-refractivity contribution is 7.11. The standard InChI is InChI=1S/C22H26N6OS.C17H21N5O.C5H5NOS/c1-6-29-22-16(8-7-9-23-22)17-10-18(24-11-19-25-14(4)12-30-19)21-20(26-17)15(5)27-28(21)13(2)3;1-5-23-17-12(7-6-8-19-17)14-9-13(18)16-15(20-14)11(4)21-22(16)10(2)3;1-4-3-8-5(2-7)6-4/h7-10,12-13H,6,11H2,1-5H3,(H,24,26);6-10H,5H2,1-4H3,(H2,18,20);2-3H,1H3. The second kappa shape index (κ2) is 19.8. The molecule has 8 rings (SSSR count). The number of aryl methyl sites for hydroxylation is 4.